The highest BCUT2D eigenvalue weighted by Crippen LogP contribution is 2.48. The van der Waals surface area contributed by atoms with Gasteiger partial charge in [-0.3, -0.25) is 10.1 Å². The van der Waals surface area contributed by atoms with Crippen LogP contribution in [-0.2, 0) is 4.79 Å². The SMILES string of the molecule is CN(C)c1cccc(C2CC2C(=O)Nc2nc3ccccc3[nH]2)c1. The van der Waals surface area contributed by atoms with E-state index in [-0.39, 0.29) is 11.8 Å². The highest BCUT2D eigenvalue weighted by molar-refractivity contribution is 5.95. The first-order valence-corrected chi connectivity index (χ1v) is 8.15. The monoisotopic (exact) mass is 320 g/mol. The van der Waals surface area contributed by atoms with Crippen molar-refractivity contribution in [2.75, 3.05) is 24.3 Å². The van der Waals surface area contributed by atoms with Crippen molar-refractivity contribution < 1.29 is 4.79 Å². The lowest BCUT2D eigenvalue weighted by Crippen LogP contribution is -2.15. The van der Waals surface area contributed by atoms with Crippen LogP contribution in [0, 0.1) is 5.92 Å². The fourth-order valence-corrected chi connectivity index (χ4v) is 3.11. The number of amides is 1. The number of aromatic amines is 1. The maximum atomic E-state index is 12.5. The number of hydrogen-bond acceptors (Lipinski definition) is 3. The zero-order valence-electron chi connectivity index (χ0n) is 13.8. The summed E-state index contributed by atoms with van der Waals surface area (Å²) >= 11 is 0. The van der Waals surface area contributed by atoms with E-state index in [2.05, 4.69) is 44.5 Å². The quantitative estimate of drug-likeness (QED) is 0.775. The summed E-state index contributed by atoms with van der Waals surface area (Å²) in [4.78, 5) is 22.1. The summed E-state index contributed by atoms with van der Waals surface area (Å²) in [5.74, 6) is 0.883. The molecule has 0 spiro atoms. The molecule has 1 saturated carbocycles. The largest absolute Gasteiger partial charge is 0.378 e. The number of nitrogens with zero attached hydrogens (tertiary/aromatic N) is 2. The van der Waals surface area contributed by atoms with Crippen molar-refractivity contribution in [2.24, 2.45) is 5.92 Å². The number of hydrogen-bond donors (Lipinski definition) is 2. The summed E-state index contributed by atoms with van der Waals surface area (Å²) in [5, 5.41) is 2.91. The molecule has 2 atom stereocenters. The summed E-state index contributed by atoms with van der Waals surface area (Å²) in [5.41, 5.74) is 4.18. The van der Waals surface area contributed by atoms with Crippen LogP contribution >= 0.6 is 0 Å². The Balaban J connectivity index is 1.46. The van der Waals surface area contributed by atoms with E-state index in [1.165, 1.54) is 5.56 Å². The number of aromatic nitrogens is 2. The summed E-state index contributed by atoms with van der Waals surface area (Å²) < 4.78 is 0. The Morgan fingerprint density at radius 1 is 1.21 bits per heavy atom. The molecule has 1 aromatic heterocycles. The van der Waals surface area contributed by atoms with Crippen LogP contribution in [0.15, 0.2) is 48.5 Å². The molecule has 0 radical (unpaired) electrons. The van der Waals surface area contributed by atoms with Gasteiger partial charge in [0.05, 0.1) is 11.0 Å². The molecule has 2 N–H and O–H groups in total. The normalized spacial score (nSPS) is 19.2. The van der Waals surface area contributed by atoms with E-state index >= 15 is 0 Å². The highest BCUT2D eigenvalue weighted by atomic mass is 16.2. The second-order valence-electron chi connectivity index (χ2n) is 6.53. The molecule has 2 unspecified atom stereocenters. The van der Waals surface area contributed by atoms with Crippen molar-refractivity contribution in [3.63, 3.8) is 0 Å². The van der Waals surface area contributed by atoms with E-state index in [1.807, 2.05) is 38.4 Å². The molecule has 0 bridgehead atoms. The van der Waals surface area contributed by atoms with Gasteiger partial charge in [0.1, 0.15) is 0 Å². The van der Waals surface area contributed by atoms with Gasteiger partial charge in [0, 0.05) is 25.7 Å². The molecule has 3 aromatic rings. The van der Waals surface area contributed by atoms with Crippen molar-refractivity contribution in [1.82, 2.24) is 9.97 Å². The molecule has 1 aliphatic rings. The lowest BCUT2D eigenvalue weighted by molar-refractivity contribution is -0.117. The lowest BCUT2D eigenvalue weighted by atomic mass is 10.1. The maximum Gasteiger partial charge on any atom is 0.230 e. The number of carbonyl (C=O) groups is 1. The van der Waals surface area contributed by atoms with Crippen molar-refractivity contribution in [3.8, 4) is 0 Å². The van der Waals surface area contributed by atoms with E-state index in [9.17, 15) is 4.79 Å². The van der Waals surface area contributed by atoms with Gasteiger partial charge < -0.3 is 9.88 Å². The predicted octanol–water partition coefficient (Wildman–Crippen LogP) is 3.37. The Labute approximate surface area is 140 Å². The van der Waals surface area contributed by atoms with Gasteiger partial charge in [-0.2, -0.15) is 0 Å². The standard InChI is InChI=1S/C19H20N4O/c1-23(2)13-7-5-6-12(10-13)14-11-15(14)18(24)22-19-20-16-8-3-4-9-17(16)21-19/h3-10,14-15H,11H2,1-2H3,(H2,20,21,22,24). The first kappa shape index (κ1) is 14.8. The predicted molar refractivity (Wildman–Crippen MR) is 96.3 cm³/mol. The third-order valence-electron chi connectivity index (χ3n) is 4.57. The van der Waals surface area contributed by atoms with Crippen LogP contribution in [0.5, 0.6) is 0 Å². The Kier molecular flexibility index (Phi) is 3.49. The van der Waals surface area contributed by atoms with Crippen LogP contribution in [0.1, 0.15) is 17.9 Å². The summed E-state index contributed by atoms with van der Waals surface area (Å²) in [7, 11) is 4.05. The summed E-state index contributed by atoms with van der Waals surface area (Å²) in [6.07, 6.45) is 0.892. The van der Waals surface area contributed by atoms with Gasteiger partial charge >= 0.3 is 0 Å². The third-order valence-corrected chi connectivity index (χ3v) is 4.57. The third kappa shape index (κ3) is 2.73. The number of para-hydroxylation sites is 2. The fraction of sp³-hybridized carbons (Fsp3) is 0.263. The van der Waals surface area contributed by atoms with Gasteiger partial charge in [0.25, 0.3) is 0 Å². The van der Waals surface area contributed by atoms with Gasteiger partial charge in [-0.25, -0.2) is 4.98 Å². The second kappa shape index (κ2) is 5.67. The molecule has 4 rings (SSSR count). The van der Waals surface area contributed by atoms with Crippen molar-refractivity contribution >= 4 is 28.6 Å². The van der Waals surface area contributed by atoms with Crippen molar-refractivity contribution in [3.05, 3.63) is 54.1 Å². The molecule has 24 heavy (non-hydrogen) atoms. The van der Waals surface area contributed by atoms with Crippen molar-refractivity contribution in [1.29, 1.82) is 0 Å². The van der Waals surface area contributed by atoms with Crippen LogP contribution in [0.25, 0.3) is 11.0 Å². The van der Waals surface area contributed by atoms with Gasteiger partial charge in [-0.05, 0) is 42.2 Å². The lowest BCUT2D eigenvalue weighted by Gasteiger charge is -2.13. The first-order valence-electron chi connectivity index (χ1n) is 8.15. The maximum absolute atomic E-state index is 12.5. The van der Waals surface area contributed by atoms with E-state index < -0.39 is 0 Å². The molecule has 2 aromatic carbocycles. The van der Waals surface area contributed by atoms with E-state index in [4.69, 9.17) is 0 Å². The minimum atomic E-state index is 0.0237. The molecule has 0 aliphatic heterocycles. The minimum Gasteiger partial charge on any atom is -0.378 e. The molecule has 1 aliphatic carbocycles. The first-order chi connectivity index (χ1) is 11.6. The number of H-pyrrole nitrogens is 1. The molecule has 1 amide bonds. The van der Waals surface area contributed by atoms with Crippen LogP contribution in [0.4, 0.5) is 11.6 Å². The molecule has 1 fully saturated rings. The zero-order valence-corrected chi connectivity index (χ0v) is 13.8. The van der Waals surface area contributed by atoms with Crippen LogP contribution in [0.3, 0.4) is 0 Å². The average molecular weight is 320 g/mol. The summed E-state index contributed by atoms with van der Waals surface area (Å²) in [6.45, 7) is 0. The Bertz CT molecular complexity index is 866. The number of rotatable bonds is 4. The number of nitrogens with one attached hydrogen (secondary N) is 2. The van der Waals surface area contributed by atoms with Crippen LogP contribution < -0.4 is 10.2 Å². The Morgan fingerprint density at radius 3 is 2.83 bits per heavy atom. The number of benzene rings is 2. The van der Waals surface area contributed by atoms with E-state index in [1.54, 1.807) is 0 Å². The van der Waals surface area contributed by atoms with Gasteiger partial charge in [-0.15, -0.1) is 0 Å². The smallest absolute Gasteiger partial charge is 0.230 e. The van der Waals surface area contributed by atoms with Gasteiger partial charge in [-0.1, -0.05) is 24.3 Å². The van der Waals surface area contributed by atoms with Crippen LogP contribution in [0.2, 0.25) is 0 Å². The molecule has 1 heterocycles. The fourth-order valence-electron chi connectivity index (χ4n) is 3.11. The van der Waals surface area contributed by atoms with E-state index in [0.717, 1.165) is 23.1 Å². The average Bonchev–Trinajstić information content (AvgIpc) is 3.28. The highest BCUT2D eigenvalue weighted by Gasteiger charge is 2.44. The van der Waals surface area contributed by atoms with Crippen molar-refractivity contribution in [2.45, 2.75) is 12.3 Å². The number of imidazole rings is 1. The minimum absolute atomic E-state index is 0.0237. The molecule has 122 valence electrons. The Hall–Kier alpha value is -2.82. The van der Waals surface area contributed by atoms with Gasteiger partial charge in [0.15, 0.2) is 0 Å². The van der Waals surface area contributed by atoms with Gasteiger partial charge in [0.2, 0.25) is 11.9 Å². The second-order valence-corrected chi connectivity index (χ2v) is 6.53. The number of carbonyl (C=O) groups excluding carboxylic acids is 1. The number of anilines is 2. The summed E-state index contributed by atoms with van der Waals surface area (Å²) in [6, 6.07) is 16.2. The Morgan fingerprint density at radius 2 is 2.04 bits per heavy atom. The topological polar surface area (TPSA) is 61.0 Å². The molecule has 5 nitrogen and oxygen atoms in total. The zero-order chi connectivity index (χ0) is 16.7. The molecule has 5 heteroatoms. The van der Waals surface area contributed by atoms with E-state index in [0.29, 0.717) is 11.9 Å². The number of fused-ring (bicyclic) bond motifs is 1. The molecular formula is C19H20N4O. The molecule has 0 saturated heterocycles. The molecular weight excluding hydrogens is 300 g/mol. The van der Waals surface area contributed by atoms with Crippen LogP contribution in [-0.4, -0.2) is 30.0 Å².